The van der Waals surface area contributed by atoms with Crippen molar-refractivity contribution >= 4 is 5.91 Å². The first kappa shape index (κ1) is 14.7. The molecule has 3 heteroatoms. The molecule has 0 unspecified atom stereocenters. The summed E-state index contributed by atoms with van der Waals surface area (Å²) in [6.07, 6.45) is 2.52. The Labute approximate surface area is 109 Å². The Morgan fingerprint density at radius 1 is 1.22 bits per heavy atom. The van der Waals surface area contributed by atoms with Gasteiger partial charge in [-0.25, -0.2) is 0 Å². The summed E-state index contributed by atoms with van der Waals surface area (Å²) >= 11 is 0. The Kier molecular flexibility index (Phi) is 5.86. The summed E-state index contributed by atoms with van der Waals surface area (Å²) in [5.41, 5.74) is 0.400. The van der Waals surface area contributed by atoms with Crippen molar-refractivity contribution in [2.45, 2.75) is 45.1 Å². The van der Waals surface area contributed by atoms with Crippen LogP contribution in [0.2, 0.25) is 0 Å². The van der Waals surface area contributed by atoms with Crippen LogP contribution in [0.3, 0.4) is 0 Å². The van der Waals surface area contributed by atoms with Crippen LogP contribution in [0.1, 0.15) is 38.7 Å². The summed E-state index contributed by atoms with van der Waals surface area (Å²) in [4.78, 5) is 11.7. The van der Waals surface area contributed by atoms with Gasteiger partial charge in [-0.05, 0) is 24.8 Å². The van der Waals surface area contributed by atoms with Crippen LogP contribution in [0.25, 0.3) is 0 Å². The van der Waals surface area contributed by atoms with Crippen LogP contribution < -0.4 is 5.32 Å². The number of rotatable bonds is 7. The van der Waals surface area contributed by atoms with Gasteiger partial charge in [-0.3, -0.25) is 4.79 Å². The maximum absolute atomic E-state index is 11.7. The molecule has 100 valence electrons. The van der Waals surface area contributed by atoms with E-state index in [0.29, 0.717) is 25.8 Å². The monoisotopic (exact) mass is 249 g/mol. The minimum atomic E-state index is -0.762. The van der Waals surface area contributed by atoms with Gasteiger partial charge in [-0.15, -0.1) is 0 Å². The van der Waals surface area contributed by atoms with Gasteiger partial charge in [0, 0.05) is 13.0 Å². The first-order chi connectivity index (χ1) is 8.59. The Bertz CT molecular complexity index is 358. The van der Waals surface area contributed by atoms with Gasteiger partial charge in [0.1, 0.15) is 0 Å². The van der Waals surface area contributed by atoms with Crippen molar-refractivity contribution in [3.8, 4) is 0 Å². The highest BCUT2D eigenvalue weighted by atomic mass is 16.3. The van der Waals surface area contributed by atoms with Gasteiger partial charge in [0.15, 0.2) is 0 Å². The molecule has 0 saturated heterocycles. The number of carbonyl (C=O) groups excluding carboxylic acids is 1. The predicted octanol–water partition coefficient (Wildman–Crippen LogP) is 2.29. The first-order valence-corrected chi connectivity index (χ1v) is 6.62. The second-order valence-electron chi connectivity index (χ2n) is 4.69. The van der Waals surface area contributed by atoms with Crippen molar-refractivity contribution in [2.75, 3.05) is 6.54 Å². The highest BCUT2D eigenvalue weighted by molar-refractivity contribution is 5.76. The van der Waals surface area contributed by atoms with Gasteiger partial charge < -0.3 is 10.4 Å². The molecule has 2 N–H and O–H groups in total. The van der Waals surface area contributed by atoms with Crippen molar-refractivity contribution in [2.24, 2.45) is 0 Å². The lowest BCUT2D eigenvalue weighted by molar-refractivity contribution is -0.122. The molecule has 1 amide bonds. The number of hydrogen-bond donors (Lipinski definition) is 2. The van der Waals surface area contributed by atoms with E-state index < -0.39 is 5.60 Å². The van der Waals surface area contributed by atoms with Crippen LogP contribution in [0, 0.1) is 0 Å². The molecule has 0 aliphatic rings. The smallest absolute Gasteiger partial charge is 0.220 e. The molecule has 1 aromatic carbocycles. The molecule has 0 aliphatic carbocycles. The molecule has 0 aromatic heterocycles. The van der Waals surface area contributed by atoms with Crippen molar-refractivity contribution in [1.82, 2.24) is 5.32 Å². The topological polar surface area (TPSA) is 49.3 Å². The normalized spacial score (nSPS) is 11.3. The van der Waals surface area contributed by atoms with Gasteiger partial charge in [-0.1, -0.05) is 44.2 Å². The van der Waals surface area contributed by atoms with Gasteiger partial charge in [0.05, 0.1) is 5.60 Å². The lowest BCUT2D eigenvalue weighted by Gasteiger charge is -2.25. The van der Waals surface area contributed by atoms with Gasteiger partial charge >= 0.3 is 0 Å². The summed E-state index contributed by atoms with van der Waals surface area (Å²) in [5, 5.41) is 12.9. The molecular weight excluding hydrogens is 226 g/mol. The third-order valence-electron chi connectivity index (χ3n) is 3.41. The van der Waals surface area contributed by atoms with Crippen molar-refractivity contribution in [3.63, 3.8) is 0 Å². The molecule has 0 aliphatic heterocycles. The zero-order chi connectivity index (χ0) is 13.4. The lowest BCUT2D eigenvalue weighted by Crippen LogP contribution is -2.42. The van der Waals surface area contributed by atoms with Crippen LogP contribution in [0.4, 0.5) is 0 Å². The second kappa shape index (κ2) is 7.17. The highest BCUT2D eigenvalue weighted by Crippen LogP contribution is 2.13. The maximum Gasteiger partial charge on any atom is 0.220 e. The van der Waals surface area contributed by atoms with E-state index in [1.54, 1.807) is 0 Å². The summed E-state index contributed by atoms with van der Waals surface area (Å²) in [6, 6.07) is 9.94. The highest BCUT2D eigenvalue weighted by Gasteiger charge is 2.22. The molecule has 1 rings (SSSR count). The predicted molar refractivity (Wildman–Crippen MR) is 73.3 cm³/mol. The Morgan fingerprint density at radius 2 is 1.83 bits per heavy atom. The number of aliphatic hydroxyl groups is 1. The summed E-state index contributed by atoms with van der Waals surface area (Å²) in [6.45, 7) is 4.20. The van der Waals surface area contributed by atoms with E-state index in [2.05, 4.69) is 5.32 Å². The van der Waals surface area contributed by atoms with Crippen LogP contribution in [-0.4, -0.2) is 23.2 Å². The molecule has 0 atom stereocenters. The molecule has 0 bridgehead atoms. The average Bonchev–Trinajstić information content (AvgIpc) is 2.43. The first-order valence-electron chi connectivity index (χ1n) is 6.62. The quantitative estimate of drug-likeness (QED) is 0.779. The minimum absolute atomic E-state index is 0.000761. The molecule has 0 radical (unpaired) electrons. The van der Waals surface area contributed by atoms with E-state index in [4.69, 9.17) is 0 Å². The summed E-state index contributed by atoms with van der Waals surface area (Å²) in [7, 11) is 0. The van der Waals surface area contributed by atoms with Crippen LogP contribution >= 0.6 is 0 Å². The van der Waals surface area contributed by atoms with Gasteiger partial charge in [0.2, 0.25) is 5.91 Å². The number of hydrogen-bond acceptors (Lipinski definition) is 2. The van der Waals surface area contributed by atoms with Crippen LogP contribution in [-0.2, 0) is 11.2 Å². The van der Waals surface area contributed by atoms with Crippen molar-refractivity contribution in [3.05, 3.63) is 35.9 Å². The number of nitrogens with one attached hydrogen (secondary N) is 1. The zero-order valence-corrected chi connectivity index (χ0v) is 11.3. The van der Waals surface area contributed by atoms with E-state index >= 15 is 0 Å². The largest absolute Gasteiger partial charge is 0.388 e. The Hall–Kier alpha value is -1.35. The Balaban J connectivity index is 2.30. The molecular formula is C15H23NO2. The van der Waals surface area contributed by atoms with Crippen LogP contribution in [0.5, 0.6) is 0 Å². The maximum atomic E-state index is 11.7. The average molecular weight is 249 g/mol. The molecule has 18 heavy (non-hydrogen) atoms. The second-order valence-corrected chi connectivity index (χ2v) is 4.69. The third-order valence-corrected chi connectivity index (χ3v) is 3.41. The molecule has 0 saturated carbocycles. The fraction of sp³-hybridized carbons (Fsp3) is 0.533. The SMILES string of the molecule is CCC(O)(CC)CNC(=O)CCc1ccccc1. The van der Waals surface area contributed by atoms with Gasteiger partial charge in [-0.2, -0.15) is 0 Å². The summed E-state index contributed by atoms with van der Waals surface area (Å²) < 4.78 is 0. The molecule has 1 aromatic rings. The van der Waals surface area contributed by atoms with E-state index in [1.165, 1.54) is 0 Å². The molecule has 0 fully saturated rings. The standard InChI is InChI=1S/C15H23NO2/c1-3-15(18,4-2)12-16-14(17)11-10-13-8-6-5-7-9-13/h5-9,18H,3-4,10-12H2,1-2H3,(H,16,17). The number of carbonyl (C=O) groups is 1. The van der Waals surface area contributed by atoms with E-state index in [1.807, 2.05) is 44.2 Å². The molecule has 0 spiro atoms. The van der Waals surface area contributed by atoms with Crippen molar-refractivity contribution < 1.29 is 9.90 Å². The van der Waals surface area contributed by atoms with E-state index in [9.17, 15) is 9.90 Å². The Morgan fingerprint density at radius 3 is 2.39 bits per heavy atom. The minimum Gasteiger partial charge on any atom is -0.388 e. The molecule has 0 heterocycles. The fourth-order valence-corrected chi connectivity index (χ4v) is 1.75. The van der Waals surface area contributed by atoms with Gasteiger partial charge in [0.25, 0.3) is 0 Å². The number of aryl methyl sites for hydroxylation is 1. The summed E-state index contributed by atoms with van der Waals surface area (Å²) in [5.74, 6) is -0.000761. The fourth-order valence-electron chi connectivity index (χ4n) is 1.75. The third kappa shape index (κ3) is 4.88. The van der Waals surface area contributed by atoms with E-state index in [0.717, 1.165) is 12.0 Å². The van der Waals surface area contributed by atoms with Crippen molar-refractivity contribution in [1.29, 1.82) is 0 Å². The molecule has 3 nitrogen and oxygen atoms in total. The van der Waals surface area contributed by atoms with E-state index in [-0.39, 0.29) is 5.91 Å². The zero-order valence-electron chi connectivity index (χ0n) is 11.3. The lowest BCUT2D eigenvalue weighted by atomic mass is 9.97. The number of amides is 1. The van der Waals surface area contributed by atoms with Crippen LogP contribution in [0.15, 0.2) is 30.3 Å². The number of benzene rings is 1.